The Kier molecular flexibility index (Phi) is 5.80. The van der Waals surface area contributed by atoms with E-state index in [0.717, 1.165) is 56.6 Å². The van der Waals surface area contributed by atoms with Crippen molar-refractivity contribution in [3.63, 3.8) is 0 Å². The molecule has 0 aliphatic carbocycles. The molecule has 0 radical (unpaired) electrons. The molecule has 2 heterocycles. The van der Waals surface area contributed by atoms with Crippen molar-refractivity contribution in [2.75, 3.05) is 56.2 Å². The van der Waals surface area contributed by atoms with Crippen molar-refractivity contribution in [3.05, 3.63) is 29.8 Å². The van der Waals surface area contributed by atoms with E-state index >= 15 is 0 Å². The van der Waals surface area contributed by atoms with E-state index < -0.39 is 0 Å². The molecule has 126 valence electrons. The average molecular weight is 335 g/mol. The molecule has 2 saturated heterocycles. The number of morpholine rings is 1. The Labute approximate surface area is 142 Å². The average Bonchev–Trinajstić information content (AvgIpc) is 2.63. The molecule has 6 heteroatoms. The molecule has 2 aliphatic heterocycles. The highest BCUT2D eigenvalue weighted by Gasteiger charge is 2.19. The molecule has 1 N–H and O–H groups in total. The standard InChI is InChI=1S/C17H25N3O2S/c1-14(19-6-10-22-11-7-19)15-2-4-16(5-3-15)18-17(21)20-8-12-23-13-9-20/h2-5,14H,6-13H2,1H3,(H,18,21). The highest BCUT2D eigenvalue weighted by Crippen LogP contribution is 2.23. The molecule has 0 bridgehead atoms. The molecule has 1 aromatic carbocycles. The van der Waals surface area contributed by atoms with Crippen molar-refractivity contribution in [1.82, 2.24) is 9.80 Å². The lowest BCUT2D eigenvalue weighted by Crippen LogP contribution is -2.40. The molecule has 2 amide bonds. The first-order valence-corrected chi connectivity index (χ1v) is 9.45. The topological polar surface area (TPSA) is 44.8 Å². The maximum absolute atomic E-state index is 12.2. The van der Waals surface area contributed by atoms with Crippen LogP contribution in [0.3, 0.4) is 0 Å². The molecule has 2 fully saturated rings. The van der Waals surface area contributed by atoms with Gasteiger partial charge in [0.25, 0.3) is 0 Å². The SMILES string of the molecule is CC(c1ccc(NC(=O)N2CCSCC2)cc1)N1CCOCC1. The van der Waals surface area contributed by atoms with E-state index in [2.05, 4.69) is 29.3 Å². The number of thioether (sulfide) groups is 1. The predicted molar refractivity (Wildman–Crippen MR) is 95.2 cm³/mol. The molecule has 3 rings (SSSR count). The van der Waals surface area contributed by atoms with Crippen molar-refractivity contribution in [2.24, 2.45) is 0 Å². The molecule has 0 saturated carbocycles. The highest BCUT2D eigenvalue weighted by molar-refractivity contribution is 7.99. The number of ether oxygens (including phenoxy) is 1. The van der Waals surface area contributed by atoms with Crippen molar-refractivity contribution in [1.29, 1.82) is 0 Å². The number of amides is 2. The molecule has 23 heavy (non-hydrogen) atoms. The normalized spacial score (nSPS) is 21.0. The van der Waals surface area contributed by atoms with Gasteiger partial charge in [0.2, 0.25) is 0 Å². The van der Waals surface area contributed by atoms with Gasteiger partial charge in [0.05, 0.1) is 13.2 Å². The lowest BCUT2D eigenvalue weighted by atomic mass is 10.1. The smallest absolute Gasteiger partial charge is 0.321 e. The summed E-state index contributed by atoms with van der Waals surface area (Å²) >= 11 is 1.91. The van der Waals surface area contributed by atoms with Gasteiger partial charge in [-0.3, -0.25) is 4.90 Å². The zero-order valence-electron chi connectivity index (χ0n) is 13.7. The largest absolute Gasteiger partial charge is 0.379 e. The van der Waals surface area contributed by atoms with Crippen LogP contribution in [0.2, 0.25) is 0 Å². The maximum Gasteiger partial charge on any atom is 0.321 e. The summed E-state index contributed by atoms with van der Waals surface area (Å²) in [5, 5.41) is 3.00. The summed E-state index contributed by atoms with van der Waals surface area (Å²) < 4.78 is 5.41. The van der Waals surface area contributed by atoms with E-state index in [-0.39, 0.29) is 6.03 Å². The minimum Gasteiger partial charge on any atom is -0.379 e. The molecule has 5 nitrogen and oxygen atoms in total. The summed E-state index contributed by atoms with van der Waals surface area (Å²) in [5.74, 6) is 2.06. The fourth-order valence-electron chi connectivity index (χ4n) is 2.99. The van der Waals surface area contributed by atoms with Gasteiger partial charge in [0.15, 0.2) is 0 Å². The fourth-order valence-corrected chi connectivity index (χ4v) is 3.89. The predicted octanol–water partition coefficient (Wildman–Crippen LogP) is 2.66. The van der Waals surface area contributed by atoms with Crippen LogP contribution in [0.4, 0.5) is 10.5 Å². The van der Waals surface area contributed by atoms with Crippen LogP contribution in [0, 0.1) is 0 Å². The minimum absolute atomic E-state index is 0.0132. The number of anilines is 1. The zero-order valence-corrected chi connectivity index (χ0v) is 14.5. The second kappa shape index (κ2) is 8.04. The number of hydrogen-bond acceptors (Lipinski definition) is 4. The van der Waals surface area contributed by atoms with Crippen LogP contribution in [-0.2, 0) is 4.74 Å². The van der Waals surface area contributed by atoms with Crippen LogP contribution in [0.25, 0.3) is 0 Å². The van der Waals surface area contributed by atoms with Gasteiger partial charge in [-0.1, -0.05) is 12.1 Å². The van der Waals surface area contributed by atoms with E-state index in [1.165, 1.54) is 5.56 Å². The Morgan fingerprint density at radius 1 is 1.13 bits per heavy atom. The third-order valence-electron chi connectivity index (χ3n) is 4.54. The Balaban J connectivity index is 1.56. The zero-order chi connectivity index (χ0) is 16.1. The molecule has 0 aromatic heterocycles. The van der Waals surface area contributed by atoms with E-state index in [1.54, 1.807) is 0 Å². The van der Waals surface area contributed by atoms with Crippen molar-refractivity contribution in [2.45, 2.75) is 13.0 Å². The maximum atomic E-state index is 12.2. The fraction of sp³-hybridized carbons (Fsp3) is 0.588. The quantitative estimate of drug-likeness (QED) is 0.922. The lowest BCUT2D eigenvalue weighted by Gasteiger charge is -2.32. The first-order chi connectivity index (χ1) is 11.2. The number of carbonyl (C=O) groups is 1. The van der Waals surface area contributed by atoms with Gasteiger partial charge >= 0.3 is 6.03 Å². The van der Waals surface area contributed by atoms with Gasteiger partial charge in [-0.15, -0.1) is 0 Å². The van der Waals surface area contributed by atoms with Crippen LogP contribution < -0.4 is 5.32 Å². The monoisotopic (exact) mass is 335 g/mol. The number of urea groups is 1. The Morgan fingerprint density at radius 3 is 2.43 bits per heavy atom. The van der Waals surface area contributed by atoms with E-state index in [0.29, 0.717) is 6.04 Å². The second-order valence-corrected chi connectivity index (χ2v) is 7.20. The van der Waals surface area contributed by atoms with Crippen molar-refractivity contribution >= 4 is 23.5 Å². The molecule has 1 atom stereocenters. The van der Waals surface area contributed by atoms with Crippen molar-refractivity contribution in [3.8, 4) is 0 Å². The van der Waals surface area contributed by atoms with Gasteiger partial charge < -0.3 is 15.0 Å². The van der Waals surface area contributed by atoms with Gasteiger partial charge in [-0.25, -0.2) is 4.79 Å². The Hall–Kier alpha value is -1.24. The van der Waals surface area contributed by atoms with E-state index in [1.807, 2.05) is 28.8 Å². The number of nitrogens with zero attached hydrogens (tertiary/aromatic N) is 2. The number of benzene rings is 1. The van der Waals surface area contributed by atoms with Gasteiger partial charge in [-0.05, 0) is 24.6 Å². The highest BCUT2D eigenvalue weighted by atomic mass is 32.2. The molecular formula is C17H25N3O2S. The van der Waals surface area contributed by atoms with Crippen LogP contribution >= 0.6 is 11.8 Å². The number of hydrogen-bond donors (Lipinski definition) is 1. The molecule has 1 unspecified atom stereocenters. The van der Waals surface area contributed by atoms with Crippen LogP contribution in [-0.4, -0.2) is 66.7 Å². The summed E-state index contributed by atoms with van der Waals surface area (Å²) in [6.45, 7) is 7.48. The number of nitrogens with one attached hydrogen (secondary N) is 1. The minimum atomic E-state index is 0.0132. The summed E-state index contributed by atoms with van der Waals surface area (Å²) in [5.41, 5.74) is 2.14. The summed E-state index contributed by atoms with van der Waals surface area (Å²) in [6.07, 6.45) is 0. The van der Waals surface area contributed by atoms with Crippen LogP contribution in [0.15, 0.2) is 24.3 Å². The molecule has 1 aromatic rings. The van der Waals surface area contributed by atoms with Crippen molar-refractivity contribution < 1.29 is 9.53 Å². The number of carbonyl (C=O) groups excluding carboxylic acids is 1. The summed E-state index contributed by atoms with van der Waals surface area (Å²) in [4.78, 5) is 16.5. The summed E-state index contributed by atoms with van der Waals surface area (Å²) in [6, 6.07) is 8.62. The van der Waals surface area contributed by atoms with Crippen LogP contribution in [0.5, 0.6) is 0 Å². The third kappa shape index (κ3) is 4.40. The van der Waals surface area contributed by atoms with E-state index in [9.17, 15) is 4.79 Å². The van der Waals surface area contributed by atoms with Gasteiger partial charge in [0, 0.05) is 49.4 Å². The first-order valence-electron chi connectivity index (χ1n) is 8.29. The number of rotatable bonds is 3. The molecular weight excluding hydrogens is 310 g/mol. The lowest BCUT2D eigenvalue weighted by molar-refractivity contribution is 0.0198. The van der Waals surface area contributed by atoms with E-state index in [4.69, 9.17) is 4.74 Å². The van der Waals surface area contributed by atoms with Crippen LogP contribution in [0.1, 0.15) is 18.5 Å². The first kappa shape index (κ1) is 16.6. The Morgan fingerprint density at radius 2 is 1.78 bits per heavy atom. The summed E-state index contributed by atoms with van der Waals surface area (Å²) in [7, 11) is 0. The molecule has 2 aliphatic rings. The Bertz CT molecular complexity index is 511. The second-order valence-electron chi connectivity index (χ2n) is 5.98. The van der Waals surface area contributed by atoms with Gasteiger partial charge in [-0.2, -0.15) is 11.8 Å². The molecule has 0 spiro atoms. The van der Waals surface area contributed by atoms with Gasteiger partial charge in [0.1, 0.15) is 0 Å². The third-order valence-corrected chi connectivity index (χ3v) is 5.48.